The Kier molecular flexibility index (Phi) is 5.77. The van der Waals surface area contributed by atoms with E-state index >= 15 is 0 Å². The number of nitrogens with zero attached hydrogens (tertiary/aromatic N) is 1. The standard InChI is InChI=1S/C14H30N2/c1-5-15-9-6-7-10-16-11-8-13(12-16)14(2,3)4/h13,15H,5-12H2,1-4H3. The fourth-order valence-electron chi connectivity index (χ4n) is 2.50. The molecule has 2 heteroatoms. The van der Waals surface area contributed by atoms with Crippen molar-refractivity contribution in [3.63, 3.8) is 0 Å². The molecule has 0 aromatic rings. The van der Waals surface area contributed by atoms with Crippen LogP contribution >= 0.6 is 0 Å². The van der Waals surface area contributed by atoms with Crippen LogP contribution in [0.4, 0.5) is 0 Å². The second kappa shape index (κ2) is 6.61. The highest BCUT2D eigenvalue weighted by Gasteiger charge is 2.31. The van der Waals surface area contributed by atoms with Crippen molar-refractivity contribution in [2.24, 2.45) is 11.3 Å². The Morgan fingerprint density at radius 2 is 2.00 bits per heavy atom. The van der Waals surface area contributed by atoms with Gasteiger partial charge in [0.15, 0.2) is 0 Å². The monoisotopic (exact) mass is 226 g/mol. The van der Waals surface area contributed by atoms with Crippen LogP contribution in [0, 0.1) is 11.3 Å². The van der Waals surface area contributed by atoms with Gasteiger partial charge in [0.05, 0.1) is 0 Å². The number of hydrogen-bond acceptors (Lipinski definition) is 2. The summed E-state index contributed by atoms with van der Waals surface area (Å²) in [6, 6.07) is 0. The highest BCUT2D eigenvalue weighted by molar-refractivity contribution is 4.83. The molecule has 0 saturated carbocycles. The van der Waals surface area contributed by atoms with Crippen molar-refractivity contribution >= 4 is 0 Å². The fourth-order valence-corrected chi connectivity index (χ4v) is 2.50. The van der Waals surface area contributed by atoms with Crippen molar-refractivity contribution in [1.82, 2.24) is 10.2 Å². The zero-order chi connectivity index (χ0) is 12.0. The largest absolute Gasteiger partial charge is 0.317 e. The number of rotatable bonds is 6. The van der Waals surface area contributed by atoms with E-state index in [0.717, 1.165) is 12.5 Å². The van der Waals surface area contributed by atoms with Crippen molar-refractivity contribution in [3.8, 4) is 0 Å². The Morgan fingerprint density at radius 3 is 2.56 bits per heavy atom. The van der Waals surface area contributed by atoms with Gasteiger partial charge in [0, 0.05) is 6.54 Å². The summed E-state index contributed by atoms with van der Waals surface area (Å²) in [7, 11) is 0. The van der Waals surface area contributed by atoms with Crippen LogP contribution in [0.1, 0.15) is 47.0 Å². The van der Waals surface area contributed by atoms with E-state index in [0.29, 0.717) is 5.41 Å². The van der Waals surface area contributed by atoms with Crippen molar-refractivity contribution in [1.29, 1.82) is 0 Å². The third-order valence-electron chi connectivity index (χ3n) is 3.83. The van der Waals surface area contributed by atoms with Crippen molar-refractivity contribution in [2.45, 2.75) is 47.0 Å². The normalized spacial score (nSPS) is 22.9. The number of likely N-dealkylation sites (tertiary alicyclic amines) is 1. The third kappa shape index (κ3) is 4.84. The lowest BCUT2D eigenvalue weighted by Gasteiger charge is -2.27. The predicted octanol–water partition coefficient (Wildman–Crippen LogP) is 2.74. The molecule has 1 unspecified atom stereocenters. The second-order valence-corrected chi connectivity index (χ2v) is 6.21. The van der Waals surface area contributed by atoms with Gasteiger partial charge in [-0.15, -0.1) is 0 Å². The molecule has 1 aliphatic rings. The van der Waals surface area contributed by atoms with Crippen LogP contribution in [0.15, 0.2) is 0 Å². The summed E-state index contributed by atoms with van der Waals surface area (Å²) in [5, 5.41) is 3.39. The summed E-state index contributed by atoms with van der Waals surface area (Å²) in [6.45, 7) is 15.6. The molecule has 1 fully saturated rings. The van der Waals surface area contributed by atoms with Crippen molar-refractivity contribution in [3.05, 3.63) is 0 Å². The topological polar surface area (TPSA) is 15.3 Å². The summed E-state index contributed by atoms with van der Waals surface area (Å²) in [5.74, 6) is 0.904. The lowest BCUT2D eigenvalue weighted by atomic mass is 9.80. The minimum absolute atomic E-state index is 0.499. The summed E-state index contributed by atoms with van der Waals surface area (Å²) in [5.41, 5.74) is 0.499. The molecule has 1 aliphatic heterocycles. The molecule has 0 aromatic heterocycles. The van der Waals surface area contributed by atoms with Crippen LogP contribution in [-0.4, -0.2) is 37.6 Å². The molecule has 0 spiro atoms. The molecule has 0 bridgehead atoms. The molecule has 1 atom stereocenters. The van der Waals surface area contributed by atoms with E-state index in [4.69, 9.17) is 0 Å². The first-order valence-electron chi connectivity index (χ1n) is 6.97. The SMILES string of the molecule is CCNCCCCN1CCC(C(C)(C)C)C1. The van der Waals surface area contributed by atoms with Crippen LogP contribution in [0.3, 0.4) is 0 Å². The van der Waals surface area contributed by atoms with Crippen molar-refractivity contribution < 1.29 is 0 Å². The van der Waals surface area contributed by atoms with Crippen molar-refractivity contribution in [2.75, 3.05) is 32.7 Å². The average molecular weight is 226 g/mol. The molecule has 1 heterocycles. The van der Waals surface area contributed by atoms with Gasteiger partial charge in [-0.1, -0.05) is 27.7 Å². The van der Waals surface area contributed by atoms with Crippen LogP contribution in [0.25, 0.3) is 0 Å². The number of nitrogens with one attached hydrogen (secondary N) is 1. The minimum Gasteiger partial charge on any atom is -0.317 e. The smallest absolute Gasteiger partial charge is 0.00151 e. The van der Waals surface area contributed by atoms with Gasteiger partial charge in [-0.2, -0.15) is 0 Å². The Balaban J connectivity index is 2.08. The highest BCUT2D eigenvalue weighted by atomic mass is 15.1. The molecular formula is C14H30N2. The Labute approximate surface area is 102 Å². The zero-order valence-electron chi connectivity index (χ0n) is 11.7. The molecule has 0 aliphatic carbocycles. The third-order valence-corrected chi connectivity index (χ3v) is 3.83. The average Bonchev–Trinajstić information content (AvgIpc) is 2.65. The van der Waals surface area contributed by atoms with Gasteiger partial charge in [-0.25, -0.2) is 0 Å². The summed E-state index contributed by atoms with van der Waals surface area (Å²) in [4.78, 5) is 2.65. The van der Waals surface area contributed by atoms with E-state index in [2.05, 4.69) is 37.9 Å². The molecule has 96 valence electrons. The maximum Gasteiger partial charge on any atom is 0.00151 e. The first-order chi connectivity index (χ1) is 7.54. The quantitative estimate of drug-likeness (QED) is 0.701. The maximum atomic E-state index is 3.39. The Bertz CT molecular complexity index is 184. The van der Waals surface area contributed by atoms with E-state index in [9.17, 15) is 0 Å². The number of hydrogen-bond donors (Lipinski definition) is 1. The van der Waals surface area contributed by atoms with E-state index in [1.807, 2.05) is 0 Å². The van der Waals surface area contributed by atoms with Crippen LogP contribution in [0.2, 0.25) is 0 Å². The summed E-state index contributed by atoms with van der Waals surface area (Å²) >= 11 is 0. The first-order valence-corrected chi connectivity index (χ1v) is 6.97. The summed E-state index contributed by atoms with van der Waals surface area (Å²) in [6.07, 6.45) is 4.07. The van der Waals surface area contributed by atoms with E-state index < -0.39 is 0 Å². The van der Waals surface area contributed by atoms with Gasteiger partial charge in [-0.3, -0.25) is 0 Å². The second-order valence-electron chi connectivity index (χ2n) is 6.21. The van der Waals surface area contributed by atoms with E-state index in [-0.39, 0.29) is 0 Å². The Morgan fingerprint density at radius 1 is 1.25 bits per heavy atom. The zero-order valence-corrected chi connectivity index (χ0v) is 11.7. The number of unbranched alkanes of at least 4 members (excludes halogenated alkanes) is 1. The molecule has 2 nitrogen and oxygen atoms in total. The van der Waals surface area contributed by atoms with E-state index in [1.165, 1.54) is 45.4 Å². The molecule has 0 amide bonds. The molecule has 16 heavy (non-hydrogen) atoms. The summed E-state index contributed by atoms with van der Waals surface area (Å²) < 4.78 is 0. The first kappa shape index (κ1) is 14.0. The highest BCUT2D eigenvalue weighted by Crippen LogP contribution is 2.33. The van der Waals surface area contributed by atoms with E-state index in [1.54, 1.807) is 0 Å². The maximum absolute atomic E-state index is 3.39. The van der Waals surface area contributed by atoms with Gasteiger partial charge in [0.25, 0.3) is 0 Å². The predicted molar refractivity (Wildman–Crippen MR) is 71.8 cm³/mol. The molecular weight excluding hydrogens is 196 g/mol. The fraction of sp³-hybridized carbons (Fsp3) is 1.00. The Hall–Kier alpha value is -0.0800. The molecule has 1 saturated heterocycles. The van der Waals surface area contributed by atoms with Crippen LogP contribution < -0.4 is 5.32 Å². The van der Waals surface area contributed by atoms with Gasteiger partial charge in [0.2, 0.25) is 0 Å². The lowest BCUT2D eigenvalue weighted by Crippen LogP contribution is -2.27. The van der Waals surface area contributed by atoms with Gasteiger partial charge in [0.1, 0.15) is 0 Å². The minimum atomic E-state index is 0.499. The van der Waals surface area contributed by atoms with Gasteiger partial charge < -0.3 is 10.2 Å². The lowest BCUT2D eigenvalue weighted by molar-refractivity contribution is 0.228. The molecule has 1 N–H and O–H groups in total. The molecule has 0 aromatic carbocycles. The van der Waals surface area contributed by atoms with Crippen LogP contribution in [0.5, 0.6) is 0 Å². The molecule has 0 radical (unpaired) electrons. The van der Waals surface area contributed by atoms with Gasteiger partial charge >= 0.3 is 0 Å². The molecule has 1 rings (SSSR count). The van der Waals surface area contributed by atoms with Crippen LogP contribution in [-0.2, 0) is 0 Å². The van der Waals surface area contributed by atoms with Gasteiger partial charge in [-0.05, 0) is 56.8 Å².